The molecule has 0 unspecified atom stereocenters. The van der Waals surface area contributed by atoms with Crippen LogP contribution in [-0.2, 0) is 0 Å². The zero-order valence-corrected chi connectivity index (χ0v) is 14.8. The second kappa shape index (κ2) is 4.19. The van der Waals surface area contributed by atoms with E-state index in [4.69, 9.17) is 0 Å². The molecule has 5 aromatic rings. The van der Waals surface area contributed by atoms with Crippen molar-refractivity contribution in [3.05, 3.63) is 57.5 Å². The first-order chi connectivity index (χ1) is 10.3. The Morgan fingerprint density at radius 1 is 0.571 bits per heavy atom. The Labute approximate surface area is 142 Å². The molecule has 0 N–H and O–H groups in total. The molecule has 21 heavy (non-hydrogen) atoms. The van der Waals surface area contributed by atoms with Crippen molar-refractivity contribution >= 4 is 84.9 Å². The van der Waals surface area contributed by atoms with Gasteiger partial charge < -0.3 is 0 Å². The molecule has 0 atom stereocenters. The summed E-state index contributed by atoms with van der Waals surface area (Å²) in [7, 11) is 0. The van der Waals surface area contributed by atoms with Gasteiger partial charge in [0.1, 0.15) is 0 Å². The molecule has 0 radical (unpaired) electrons. The number of hydrogen-bond acceptors (Lipinski definition) is 1. The van der Waals surface area contributed by atoms with Crippen LogP contribution < -0.4 is 0 Å². The lowest BCUT2D eigenvalue weighted by Crippen LogP contribution is -1.84. The molecule has 0 spiro atoms. The van der Waals surface area contributed by atoms with Crippen LogP contribution in [0.2, 0.25) is 0 Å². The van der Waals surface area contributed by atoms with E-state index in [-0.39, 0.29) is 0 Å². The molecule has 0 aliphatic heterocycles. The summed E-state index contributed by atoms with van der Waals surface area (Å²) in [4.78, 5) is 0. The average Bonchev–Trinajstić information content (AvgIpc) is 2.87. The van der Waals surface area contributed by atoms with Crippen LogP contribution in [0.3, 0.4) is 0 Å². The molecule has 0 saturated heterocycles. The van der Waals surface area contributed by atoms with Crippen molar-refractivity contribution in [2.75, 3.05) is 0 Å². The molecular formula is C18H8Br2S. The molecule has 0 nitrogen and oxygen atoms in total. The van der Waals surface area contributed by atoms with Crippen molar-refractivity contribution in [1.29, 1.82) is 0 Å². The van der Waals surface area contributed by atoms with Gasteiger partial charge in [-0.25, -0.2) is 0 Å². The maximum Gasteiger partial charge on any atom is 0.0362 e. The van der Waals surface area contributed by atoms with Crippen molar-refractivity contribution in [3.63, 3.8) is 0 Å². The van der Waals surface area contributed by atoms with E-state index in [0.717, 1.165) is 0 Å². The summed E-state index contributed by atoms with van der Waals surface area (Å²) in [6.45, 7) is 0. The first-order valence-electron chi connectivity index (χ1n) is 6.68. The average molecular weight is 416 g/mol. The molecule has 0 fully saturated rings. The standard InChI is InChI=1S/C18H8Br2S/c19-11-5-7-13-17-15(11)9-3-1-2-4-10(9)16-12(20)6-8-14(21-13)18(16)17/h1-8H. The van der Waals surface area contributed by atoms with Gasteiger partial charge in [-0.15, -0.1) is 11.3 Å². The summed E-state index contributed by atoms with van der Waals surface area (Å²) in [6, 6.07) is 17.5. The quantitative estimate of drug-likeness (QED) is 0.232. The summed E-state index contributed by atoms with van der Waals surface area (Å²) < 4.78 is 5.06. The third-order valence-electron chi connectivity index (χ3n) is 4.17. The van der Waals surface area contributed by atoms with Gasteiger partial charge >= 0.3 is 0 Å². The molecule has 3 heteroatoms. The maximum atomic E-state index is 3.76. The number of rotatable bonds is 0. The molecule has 5 rings (SSSR count). The lowest BCUT2D eigenvalue weighted by atomic mass is 9.94. The van der Waals surface area contributed by atoms with Crippen LogP contribution in [0.5, 0.6) is 0 Å². The number of thiophene rings is 1. The van der Waals surface area contributed by atoms with Crippen LogP contribution in [0.1, 0.15) is 0 Å². The molecular weight excluding hydrogens is 408 g/mol. The largest absolute Gasteiger partial charge is 0.135 e. The highest BCUT2D eigenvalue weighted by Crippen LogP contribution is 2.48. The zero-order chi connectivity index (χ0) is 14.1. The second-order valence-corrected chi connectivity index (χ2v) is 8.03. The van der Waals surface area contributed by atoms with Crippen molar-refractivity contribution in [1.82, 2.24) is 0 Å². The van der Waals surface area contributed by atoms with Gasteiger partial charge in [-0.1, -0.05) is 56.1 Å². The molecule has 0 bridgehead atoms. The van der Waals surface area contributed by atoms with Crippen LogP contribution in [0.4, 0.5) is 0 Å². The monoisotopic (exact) mass is 414 g/mol. The van der Waals surface area contributed by atoms with Gasteiger partial charge in [0.2, 0.25) is 0 Å². The van der Waals surface area contributed by atoms with Crippen LogP contribution in [-0.4, -0.2) is 0 Å². The van der Waals surface area contributed by atoms with Crippen LogP contribution in [0.25, 0.3) is 41.7 Å². The Morgan fingerprint density at radius 2 is 1.05 bits per heavy atom. The van der Waals surface area contributed by atoms with Crippen LogP contribution >= 0.6 is 43.2 Å². The number of fused-ring (bicyclic) bond motifs is 3. The van der Waals surface area contributed by atoms with Crippen molar-refractivity contribution in [2.45, 2.75) is 0 Å². The Hall–Kier alpha value is -1.16. The third kappa shape index (κ3) is 1.49. The van der Waals surface area contributed by atoms with E-state index in [1.54, 1.807) is 0 Å². The minimum Gasteiger partial charge on any atom is -0.135 e. The maximum absolute atomic E-state index is 3.76. The van der Waals surface area contributed by atoms with E-state index in [9.17, 15) is 0 Å². The lowest BCUT2D eigenvalue weighted by molar-refractivity contribution is 1.78. The van der Waals surface area contributed by atoms with E-state index in [1.807, 2.05) is 11.3 Å². The Kier molecular flexibility index (Phi) is 2.47. The predicted octanol–water partition coefficient (Wildman–Crippen LogP) is 7.32. The zero-order valence-electron chi connectivity index (χ0n) is 10.8. The van der Waals surface area contributed by atoms with Gasteiger partial charge in [-0.05, 0) is 35.0 Å². The van der Waals surface area contributed by atoms with Gasteiger partial charge in [-0.2, -0.15) is 0 Å². The Bertz CT molecular complexity index is 1060. The van der Waals surface area contributed by atoms with E-state index in [2.05, 4.69) is 80.4 Å². The fraction of sp³-hybridized carbons (Fsp3) is 0. The minimum atomic E-state index is 1.17. The number of halogens is 2. The highest BCUT2D eigenvalue weighted by Gasteiger charge is 2.18. The summed E-state index contributed by atoms with van der Waals surface area (Å²) in [5, 5.41) is 8.07. The first-order valence-corrected chi connectivity index (χ1v) is 9.09. The summed E-state index contributed by atoms with van der Waals surface area (Å²) in [5.74, 6) is 0. The Morgan fingerprint density at radius 3 is 1.52 bits per heavy atom. The lowest BCUT2D eigenvalue weighted by Gasteiger charge is -2.11. The van der Waals surface area contributed by atoms with E-state index < -0.39 is 0 Å². The SMILES string of the molecule is Brc1ccc2sc3ccc(Br)c4c5ccccc5c1c2c34. The molecule has 100 valence electrons. The molecule has 0 aliphatic rings. The third-order valence-corrected chi connectivity index (χ3v) is 6.61. The van der Waals surface area contributed by atoms with Crippen LogP contribution in [0.15, 0.2) is 57.5 Å². The molecule has 0 aliphatic carbocycles. The molecule has 0 amide bonds. The highest BCUT2D eigenvalue weighted by molar-refractivity contribution is 9.11. The van der Waals surface area contributed by atoms with Gasteiger partial charge in [0.15, 0.2) is 0 Å². The van der Waals surface area contributed by atoms with Gasteiger partial charge in [0, 0.05) is 39.9 Å². The van der Waals surface area contributed by atoms with Crippen molar-refractivity contribution in [3.8, 4) is 0 Å². The molecule has 0 saturated carbocycles. The van der Waals surface area contributed by atoms with Gasteiger partial charge in [0.25, 0.3) is 0 Å². The topological polar surface area (TPSA) is 0 Å². The van der Waals surface area contributed by atoms with Crippen LogP contribution in [0, 0.1) is 0 Å². The fourth-order valence-electron chi connectivity index (χ4n) is 3.35. The highest BCUT2D eigenvalue weighted by atomic mass is 79.9. The summed E-state index contributed by atoms with van der Waals surface area (Å²) >= 11 is 9.39. The van der Waals surface area contributed by atoms with Crippen molar-refractivity contribution < 1.29 is 0 Å². The van der Waals surface area contributed by atoms with Gasteiger partial charge in [0.05, 0.1) is 0 Å². The van der Waals surface area contributed by atoms with E-state index in [1.165, 1.54) is 50.7 Å². The Balaban J connectivity index is 2.35. The smallest absolute Gasteiger partial charge is 0.0362 e. The summed E-state index contributed by atoms with van der Waals surface area (Å²) in [6.07, 6.45) is 0. The van der Waals surface area contributed by atoms with Crippen molar-refractivity contribution in [2.24, 2.45) is 0 Å². The number of hydrogen-bond donors (Lipinski definition) is 0. The fourth-order valence-corrected chi connectivity index (χ4v) is 5.56. The van der Waals surface area contributed by atoms with Gasteiger partial charge in [-0.3, -0.25) is 0 Å². The number of benzene rings is 4. The van der Waals surface area contributed by atoms with E-state index >= 15 is 0 Å². The molecule has 1 heterocycles. The predicted molar refractivity (Wildman–Crippen MR) is 101 cm³/mol. The normalized spacial score (nSPS) is 12.3. The first kappa shape index (κ1) is 12.4. The minimum absolute atomic E-state index is 1.17. The molecule has 1 aromatic heterocycles. The summed E-state index contributed by atoms with van der Waals surface area (Å²) in [5.41, 5.74) is 0. The molecule has 4 aromatic carbocycles. The second-order valence-electron chi connectivity index (χ2n) is 5.24. The van der Waals surface area contributed by atoms with E-state index in [0.29, 0.717) is 0 Å².